The molecule has 184 valence electrons. The molecule has 0 bridgehead atoms. The van der Waals surface area contributed by atoms with Gasteiger partial charge in [0.2, 0.25) is 5.91 Å². The van der Waals surface area contributed by atoms with Gasteiger partial charge in [0.25, 0.3) is 5.91 Å². The van der Waals surface area contributed by atoms with Gasteiger partial charge in [0.05, 0.1) is 13.7 Å². The summed E-state index contributed by atoms with van der Waals surface area (Å²) < 4.78 is 7.43. The SMILES string of the molecule is COc1cccc(CN2C(=O)c3cc4ccccc4n3C[C@]2(C)C(=O)NC2CCCCCCC2)c1. The molecule has 2 heterocycles. The third kappa shape index (κ3) is 4.54. The molecule has 0 radical (unpaired) electrons. The highest BCUT2D eigenvalue weighted by Gasteiger charge is 2.48. The predicted octanol–water partition coefficient (Wildman–Crippen LogP) is 5.29. The molecule has 1 saturated carbocycles. The number of nitrogens with zero attached hydrogens (tertiary/aromatic N) is 2. The monoisotopic (exact) mass is 473 g/mol. The molecule has 2 amide bonds. The van der Waals surface area contributed by atoms with Gasteiger partial charge in [-0.05, 0) is 49.6 Å². The quantitative estimate of drug-likeness (QED) is 0.547. The Morgan fingerprint density at radius 1 is 1.03 bits per heavy atom. The average molecular weight is 474 g/mol. The van der Waals surface area contributed by atoms with Gasteiger partial charge < -0.3 is 19.5 Å². The van der Waals surface area contributed by atoms with Gasteiger partial charge in [0.1, 0.15) is 17.0 Å². The van der Waals surface area contributed by atoms with E-state index in [1.807, 2.05) is 66.1 Å². The van der Waals surface area contributed by atoms with Crippen molar-refractivity contribution in [2.75, 3.05) is 7.11 Å². The van der Waals surface area contributed by atoms with E-state index in [4.69, 9.17) is 4.74 Å². The standard InChI is InChI=1S/C29H35N3O3/c1-29(28(34)30-23-13-6-4-3-5-7-14-23)20-31-25-16-9-8-12-22(25)18-26(31)27(33)32(29)19-21-11-10-15-24(17-21)35-2/h8-12,15-18,23H,3-7,13-14,19-20H2,1-2H3,(H,30,34)/t29-/m1/s1. The number of ether oxygens (including phenoxy) is 1. The predicted molar refractivity (Wildman–Crippen MR) is 137 cm³/mol. The second kappa shape index (κ2) is 9.76. The molecule has 1 aromatic heterocycles. The van der Waals surface area contributed by atoms with Crippen LogP contribution < -0.4 is 10.1 Å². The summed E-state index contributed by atoms with van der Waals surface area (Å²) in [6, 6.07) is 17.8. The Hall–Kier alpha value is -3.28. The zero-order valence-corrected chi connectivity index (χ0v) is 20.8. The minimum absolute atomic E-state index is 0.0669. The van der Waals surface area contributed by atoms with E-state index in [-0.39, 0.29) is 17.9 Å². The van der Waals surface area contributed by atoms with Gasteiger partial charge in [0, 0.05) is 23.5 Å². The molecule has 3 aromatic rings. The first kappa shape index (κ1) is 23.5. The van der Waals surface area contributed by atoms with Gasteiger partial charge in [-0.25, -0.2) is 0 Å². The Kier molecular flexibility index (Phi) is 6.54. The van der Waals surface area contributed by atoms with E-state index < -0.39 is 5.54 Å². The number of rotatable bonds is 5. The molecule has 1 aliphatic heterocycles. The van der Waals surface area contributed by atoms with Crippen LogP contribution in [0.3, 0.4) is 0 Å². The first-order valence-corrected chi connectivity index (χ1v) is 12.8. The van der Waals surface area contributed by atoms with Crippen LogP contribution in [0.1, 0.15) is 67.9 Å². The Balaban J connectivity index is 1.51. The van der Waals surface area contributed by atoms with E-state index in [2.05, 4.69) is 5.32 Å². The molecule has 6 nitrogen and oxygen atoms in total. The number of para-hydroxylation sites is 1. The van der Waals surface area contributed by atoms with Crippen LogP contribution in [-0.2, 0) is 17.9 Å². The van der Waals surface area contributed by atoms with E-state index >= 15 is 0 Å². The number of methoxy groups -OCH3 is 1. The lowest BCUT2D eigenvalue weighted by Crippen LogP contribution is -2.64. The van der Waals surface area contributed by atoms with Crippen molar-refractivity contribution >= 4 is 22.7 Å². The van der Waals surface area contributed by atoms with Crippen molar-refractivity contribution in [2.45, 2.75) is 76.5 Å². The van der Waals surface area contributed by atoms with Crippen LogP contribution in [0, 0.1) is 0 Å². The maximum absolute atomic E-state index is 14.0. The van der Waals surface area contributed by atoms with Crippen LogP contribution in [0.5, 0.6) is 5.75 Å². The highest BCUT2D eigenvalue weighted by Crippen LogP contribution is 2.34. The topological polar surface area (TPSA) is 63.6 Å². The fraction of sp³-hybridized carbons (Fsp3) is 0.448. The molecule has 5 rings (SSSR count). The van der Waals surface area contributed by atoms with Gasteiger partial charge in [-0.2, -0.15) is 0 Å². The van der Waals surface area contributed by atoms with Crippen molar-refractivity contribution in [3.63, 3.8) is 0 Å². The maximum Gasteiger partial charge on any atom is 0.271 e. The van der Waals surface area contributed by atoms with Gasteiger partial charge in [-0.3, -0.25) is 9.59 Å². The Morgan fingerprint density at radius 2 is 1.77 bits per heavy atom. The van der Waals surface area contributed by atoms with Crippen LogP contribution in [-0.4, -0.2) is 40.0 Å². The van der Waals surface area contributed by atoms with E-state index in [1.54, 1.807) is 12.0 Å². The fourth-order valence-electron chi connectivity index (χ4n) is 5.65. The number of hydrogen-bond acceptors (Lipinski definition) is 3. The lowest BCUT2D eigenvalue weighted by Gasteiger charge is -2.44. The minimum Gasteiger partial charge on any atom is -0.497 e. The maximum atomic E-state index is 14.0. The van der Waals surface area contributed by atoms with Crippen LogP contribution in [0.4, 0.5) is 0 Å². The van der Waals surface area contributed by atoms with Crippen LogP contribution in [0.15, 0.2) is 54.6 Å². The molecule has 1 N–H and O–H groups in total. The average Bonchev–Trinajstić information content (AvgIpc) is 3.22. The lowest BCUT2D eigenvalue weighted by atomic mass is 9.91. The van der Waals surface area contributed by atoms with Gasteiger partial charge in [0.15, 0.2) is 0 Å². The normalized spacial score (nSPS) is 21.3. The second-order valence-electron chi connectivity index (χ2n) is 10.2. The third-order valence-electron chi connectivity index (χ3n) is 7.74. The molecular weight excluding hydrogens is 438 g/mol. The molecule has 35 heavy (non-hydrogen) atoms. The largest absolute Gasteiger partial charge is 0.497 e. The Labute approximate surface area is 207 Å². The minimum atomic E-state index is -1.02. The first-order valence-electron chi connectivity index (χ1n) is 12.8. The first-order chi connectivity index (χ1) is 17.0. The molecule has 2 aliphatic rings. The molecule has 6 heteroatoms. The third-order valence-corrected chi connectivity index (χ3v) is 7.74. The van der Waals surface area contributed by atoms with Crippen molar-refractivity contribution in [1.82, 2.24) is 14.8 Å². The van der Waals surface area contributed by atoms with E-state index in [1.165, 1.54) is 19.3 Å². The lowest BCUT2D eigenvalue weighted by molar-refractivity contribution is -0.134. The van der Waals surface area contributed by atoms with E-state index in [9.17, 15) is 9.59 Å². The van der Waals surface area contributed by atoms with Crippen LogP contribution >= 0.6 is 0 Å². The van der Waals surface area contributed by atoms with E-state index in [0.29, 0.717) is 18.8 Å². The smallest absolute Gasteiger partial charge is 0.271 e. The number of benzene rings is 2. The van der Waals surface area contributed by atoms with Crippen molar-refractivity contribution in [1.29, 1.82) is 0 Å². The summed E-state index contributed by atoms with van der Waals surface area (Å²) in [5, 5.41) is 4.37. The van der Waals surface area contributed by atoms with Gasteiger partial charge in [-0.1, -0.05) is 62.4 Å². The van der Waals surface area contributed by atoms with Crippen molar-refractivity contribution in [3.8, 4) is 5.75 Å². The molecule has 1 fully saturated rings. The summed E-state index contributed by atoms with van der Waals surface area (Å²) in [5.41, 5.74) is 1.54. The number of nitrogens with one attached hydrogen (secondary N) is 1. The summed E-state index contributed by atoms with van der Waals surface area (Å²) in [7, 11) is 1.64. The molecule has 0 saturated heterocycles. The molecule has 1 atom stereocenters. The summed E-state index contributed by atoms with van der Waals surface area (Å²) in [6.45, 7) is 2.68. The summed E-state index contributed by atoms with van der Waals surface area (Å²) in [5.74, 6) is 0.551. The summed E-state index contributed by atoms with van der Waals surface area (Å²) in [6.07, 6.45) is 8.02. The van der Waals surface area contributed by atoms with Crippen molar-refractivity contribution < 1.29 is 14.3 Å². The van der Waals surface area contributed by atoms with Crippen molar-refractivity contribution in [2.24, 2.45) is 0 Å². The molecule has 2 aromatic carbocycles. The van der Waals surface area contributed by atoms with E-state index in [0.717, 1.165) is 47.9 Å². The van der Waals surface area contributed by atoms with Crippen LogP contribution in [0.2, 0.25) is 0 Å². The van der Waals surface area contributed by atoms with Gasteiger partial charge in [-0.15, -0.1) is 0 Å². The molecular formula is C29H35N3O3. The fourth-order valence-corrected chi connectivity index (χ4v) is 5.65. The summed E-state index contributed by atoms with van der Waals surface area (Å²) in [4.78, 5) is 29.7. The highest BCUT2D eigenvalue weighted by atomic mass is 16.5. The molecule has 0 spiro atoms. The number of fused-ring (bicyclic) bond motifs is 3. The van der Waals surface area contributed by atoms with Crippen LogP contribution in [0.25, 0.3) is 10.9 Å². The number of amides is 2. The number of carbonyl (C=O) groups is 2. The zero-order chi connectivity index (χ0) is 24.4. The highest BCUT2D eigenvalue weighted by molar-refractivity contribution is 6.03. The number of carbonyl (C=O) groups excluding carboxylic acids is 2. The Morgan fingerprint density at radius 3 is 2.54 bits per heavy atom. The Bertz CT molecular complexity index is 1220. The number of aromatic nitrogens is 1. The summed E-state index contributed by atoms with van der Waals surface area (Å²) >= 11 is 0. The molecule has 0 unspecified atom stereocenters. The van der Waals surface area contributed by atoms with Gasteiger partial charge >= 0.3 is 0 Å². The number of hydrogen-bond donors (Lipinski definition) is 1. The second-order valence-corrected chi connectivity index (χ2v) is 10.2. The van der Waals surface area contributed by atoms with Crippen molar-refractivity contribution in [3.05, 3.63) is 65.9 Å². The molecule has 1 aliphatic carbocycles. The zero-order valence-electron chi connectivity index (χ0n) is 20.8.